The van der Waals surface area contributed by atoms with Crippen molar-refractivity contribution in [1.82, 2.24) is 0 Å². The average Bonchev–Trinajstić information content (AvgIpc) is 3.35. The number of para-hydroxylation sites is 4. The molecule has 0 bridgehead atoms. The van der Waals surface area contributed by atoms with Gasteiger partial charge in [-0.05, 0) is 120 Å². The van der Waals surface area contributed by atoms with Crippen molar-refractivity contribution in [2.45, 2.75) is 0 Å². The zero-order chi connectivity index (χ0) is 42.4. The first-order valence-electron chi connectivity index (χ1n) is 21.3. The average molecular weight is 872 g/mol. The minimum absolute atomic E-state index is 1.12. The molecule has 0 unspecified atom stereocenters. The molecule has 0 radical (unpaired) electrons. The second-order valence-electron chi connectivity index (χ2n) is 15.5. The highest BCUT2D eigenvalue weighted by atomic mass is 79.9. The molecule has 0 heterocycles. The summed E-state index contributed by atoms with van der Waals surface area (Å²) in [6.07, 6.45) is 0. The summed E-state index contributed by atoms with van der Waals surface area (Å²) in [5, 5.41) is 18.8. The van der Waals surface area contributed by atoms with Crippen LogP contribution in [0.3, 0.4) is 0 Å². The fourth-order valence-electron chi connectivity index (χ4n) is 8.67. The lowest BCUT2D eigenvalue weighted by Gasteiger charge is -2.27. The number of fused-ring (bicyclic) bond motifs is 10. The molecule has 0 amide bonds. The Hall–Kier alpha value is -7.72. The Morgan fingerprint density at radius 1 is 0.286 bits per heavy atom. The van der Waals surface area contributed by atoms with Crippen LogP contribution in [0.25, 0.3) is 64.6 Å². The molecule has 300 valence electrons. The molecule has 12 aromatic carbocycles. The molecular weight excluding hydrogens is 829 g/mol. The van der Waals surface area contributed by atoms with Gasteiger partial charge in [0.1, 0.15) is 0 Å². The Balaban J connectivity index is 0.000000125. The van der Waals surface area contributed by atoms with Crippen molar-refractivity contribution < 1.29 is 0 Å². The monoisotopic (exact) mass is 870 g/mol. The summed E-state index contributed by atoms with van der Waals surface area (Å²) in [5.74, 6) is 0. The second-order valence-corrected chi connectivity index (χ2v) is 16.3. The molecule has 0 aliphatic heterocycles. The number of nitrogens with one attached hydrogen (secondary N) is 1. The van der Waals surface area contributed by atoms with E-state index in [9.17, 15) is 0 Å². The predicted octanol–water partition coefficient (Wildman–Crippen LogP) is 18.0. The van der Waals surface area contributed by atoms with E-state index in [0.29, 0.717) is 0 Å². The zero-order valence-electron chi connectivity index (χ0n) is 34.6. The Bertz CT molecular complexity index is 3410. The third kappa shape index (κ3) is 8.23. The van der Waals surface area contributed by atoms with Gasteiger partial charge in [-0.25, -0.2) is 0 Å². The molecule has 63 heavy (non-hydrogen) atoms. The van der Waals surface area contributed by atoms with Crippen LogP contribution in [-0.2, 0) is 0 Å². The number of rotatable bonds is 5. The number of hydrogen-bond donors (Lipinski definition) is 1. The molecule has 12 aromatic rings. The molecule has 3 heteroatoms. The van der Waals surface area contributed by atoms with Gasteiger partial charge in [0.05, 0.1) is 5.69 Å². The van der Waals surface area contributed by atoms with E-state index < -0.39 is 0 Å². The van der Waals surface area contributed by atoms with Crippen LogP contribution in [0.5, 0.6) is 0 Å². The molecule has 2 nitrogen and oxygen atoms in total. The van der Waals surface area contributed by atoms with E-state index in [1.165, 1.54) is 70.3 Å². The maximum absolute atomic E-state index is 3.68. The molecule has 0 aliphatic rings. The third-order valence-corrected chi connectivity index (χ3v) is 12.2. The largest absolute Gasteiger partial charge is 0.356 e. The van der Waals surface area contributed by atoms with E-state index in [4.69, 9.17) is 0 Å². The SMILES string of the molecule is Brc1cc2ccc3ccccc3c2c2ccccc12.c1ccc(N(c2ccccc2)c2cc3ccc4ccccc4c3c3ccccc23)cc1.c1ccc(Nc2ccccc2)cc1. The van der Waals surface area contributed by atoms with Gasteiger partial charge in [-0.3, -0.25) is 0 Å². The number of benzene rings is 12. The number of hydrogen-bond acceptors (Lipinski definition) is 2. The number of anilines is 5. The summed E-state index contributed by atoms with van der Waals surface area (Å²) < 4.78 is 1.16. The van der Waals surface area contributed by atoms with Gasteiger partial charge >= 0.3 is 0 Å². The number of nitrogens with zero attached hydrogens (tertiary/aromatic N) is 1. The fraction of sp³-hybridized carbons (Fsp3) is 0. The summed E-state index contributed by atoms with van der Waals surface area (Å²) in [7, 11) is 0. The minimum atomic E-state index is 1.12. The summed E-state index contributed by atoms with van der Waals surface area (Å²) >= 11 is 3.68. The first kappa shape index (κ1) is 39.4. The third-order valence-electron chi connectivity index (χ3n) is 11.5. The maximum Gasteiger partial charge on any atom is 0.0546 e. The summed E-state index contributed by atoms with van der Waals surface area (Å²) in [6, 6.07) is 89.5. The fourth-order valence-corrected chi connectivity index (χ4v) is 9.26. The van der Waals surface area contributed by atoms with Crippen molar-refractivity contribution in [2.24, 2.45) is 0 Å². The highest BCUT2D eigenvalue weighted by Gasteiger charge is 2.17. The molecule has 0 saturated carbocycles. The molecule has 0 saturated heterocycles. The van der Waals surface area contributed by atoms with Gasteiger partial charge in [0.15, 0.2) is 0 Å². The Kier molecular flexibility index (Phi) is 11.3. The standard InChI is InChI=1S/C30H21N.C18H11Br.C12H11N/c1-3-12-24(13-4-1)31(25-14-5-2-6-15-25)29-21-23-20-19-22-11-7-8-16-26(22)30(23)28-18-10-9-17-27(28)29;19-17-11-13-10-9-12-5-1-2-6-14(12)18(13)16-8-4-3-7-15(16)17;1-3-7-11(8-4-1)13-12-9-5-2-6-10-12/h1-21H;1-11H;1-10,13H. The molecular formula is C60H43BrN2. The van der Waals surface area contributed by atoms with Crippen molar-refractivity contribution >= 4 is 109 Å². The molecule has 0 fully saturated rings. The molecule has 12 rings (SSSR count). The topological polar surface area (TPSA) is 15.3 Å². The predicted molar refractivity (Wildman–Crippen MR) is 276 cm³/mol. The number of halogens is 1. The van der Waals surface area contributed by atoms with Crippen molar-refractivity contribution in [1.29, 1.82) is 0 Å². The van der Waals surface area contributed by atoms with Gasteiger partial charge in [0.25, 0.3) is 0 Å². The highest BCUT2D eigenvalue weighted by molar-refractivity contribution is 9.10. The smallest absolute Gasteiger partial charge is 0.0546 e. The van der Waals surface area contributed by atoms with E-state index in [0.717, 1.165) is 27.2 Å². The summed E-state index contributed by atoms with van der Waals surface area (Å²) in [6.45, 7) is 0. The van der Waals surface area contributed by atoms with Gasteiger partial charge in [0.2, 0.25) is 0 Å². The minimum Gasteiger partial charge on any atom is -0.356 e. The lowest BCUT2D eigenvalue weighted by Crippen LogP contribution is -2.10. The van der Waals surface area contributed by atoms with Gasteiger partial charge in [-0.15, -0.1) is 0 Å². The second kappa shape index (κ2) is 18.1. The molecule has 0 spiro atoms. The lowest BCUT2D eigenvalue weighted by atomic mass is 9.94. The summed E-state index contributed by atoms with van der Waals surface area (Å²) in [5.41, 5.74) is 5.73. The van der Waals surface area contributed by atoms with Crippen molar-refractivity contribution in [3.63, 3.8) is 0 Å². The van der Waals surface area contributed by atoms with Crippen LogP contribution in [-0.4, -0.2) is 0 Å². The Morgan fingerprint density at radius 3 is 1.13 bits per heavy atom. The van der Waals surface area contributed by atoms with E-state index >= 15 is 0 Å². The van der Waals surface area contributed by atoms with Crippen LogP contribution in [0.15, 0.2) is 259 Å². The van der Waals surface area contributed by atoms with Crippen LogP contribution in [0.2, 0.25) is 0 Å². The van der Waals surface area contributed by atoms with E-state index in [1.54, 1.807) is 0 Å². The maximum atomic E-state index is 3.68. The van der Waals surface area contributed by atoms with E-state index in [1.807, 2.05) is 60.7 Å². The van der Waals surface area contributed by atoms with Crippen molar-refractivity contribution in [3.8, 4) is 0 Å². The van der Waals surface area contributed by atoms with Crippen LogP contribution < -0.4 is 10.2 Å². The Morgan fingerprint density at radius 2 is 0.635 bits per heavy atom. The van der Waals surface area contributed by atoms with E-state index in [2.05, 4.69) is 220 Å². The van der Waals surface area contributed by atoms with Crippen LogP contribution >= 0.6 is 15.9 Å². The van der Waals surface area contributed by atoms with Crippen molar-refractivity contribution in [3.05, 3.63) is 259 Å². The molecule has 0 atom stereocenters. The van der Waals surface area contributed by atoms with Gasteiger partial charge in [-0.1, -0.05) is 210 Å². The van der Waals surface area contributed by atoms with Gasteiger partial charge < -0.3 is 10.2 Å². The normalized spacial score (nSPS) is 10.9. The molecule has 0 aliphatic carbocycles. The molecule has 1 N–H and O–H groups in total. The lowest BCUT2D eigenvalue weighted by molar-refractivity contribution is 1.30. The van der Waals surface area contributed by atoms with Crippen molar-refractivity contribution in [2.75, 3.05) is 10.2 Å². The highest BCUT2D eigenvalue weighted by Crippen LogP contribution is 2.43. The zero-order valence-corrected chi connectivity index (χ0v) is 36.2. The van der Waals surface area contributed by atoms with Gasteiger partial charge in [-0.2, -0.15) is 0 Å². The Labute approximate surface area is 376 Å². The van der Waals surface area contributed by atoms with E-state index in [-0.39, 0.29) is 0 Å². The van der Waals surface area contributed by atoms with Crippen LogP contribution in [0.4, 0.5) is 28.4 Å². The quantitative estimate of drug-likeness (QED) is 0.173. The van der Waals surface area contributed by atoms with Crippen LogP contribution in [0, 0.1) is 0 Å². The summed E-state index contributed by atoms with van der Waals surface area (Å²) in [4.78, 5) is 2.36. The van der Waals surface area contributed by atoms with Gasteiger partial charge in [0, 0.05) is 32.6 Å². The first-order chi connectivity index (χ1) is 31.2. The first-order valence-corrected chi connectivity index (χ1v) is 22.1. The molecule has 0 aromatic heterocycles. The van der Waals surface area contributed by atoms with Crippen LogP contribution in [0.1, 0.15) is 0 Å².